The summed E-state index contributed by atoms with van der Waals surface area (Å²) in [5, 5.41) is 12.3. The van der Waals surface area contributed by atoms with Crippen LogP contribution in [0.5, 0.6) is 5.88 Å². The normalized spacial score (nSPS) is 12.2. The van der Waals surface area contributed by atoms with E-state index >= 15 is 0 Å². The van der Waals surface area contributed by atoms with Crippen molar-refractivity contribution in [3.63, 3.8) is 0 Å². The van der Waals surface area contributed by atoms with Gasteiger partial charge in [-0.1, -0.05) is 0 Å². The number of aromatic nitrogens is 2. The van der Waals surface area contributed by atoms with Gasteiger partial charge in [-0.05, 0) is 12.1 Å². The topological polar surface area (TPSA) is 67.3 Å². The molecule has 102 valence electrons. The van der Waals surface area contributed by atoms with Crippen LogP contribution in [-0.4, -0.2) is 33.1 Å². The van der Waals surface area contributed by atoms with E-state index in [1.807, 2.05) is 0 Å². The summed E-state index contributed by atoms with van der Waals surface area (Å²) in [4.78, 5) is 0. The van der Waals surface area contributed by atoms with Crippen LogP contribution in [0, 0.1) is 11.6 Å². The largest absolute Gasteiger partial charge is 0.473 e. The molecule has 19 heavy (non-hydrogen) atoms. The summed E-state index contributed by atoms with van der Waals surface area (Å²) >= 11 is 0.999. The fraction of sp³-hybridized carbons (Fsp3) is 0.273. The number of nitrogens with zero attached hydrogens (tertiary/aromatic N) is 2. The van der Waals surface area contributed by atoms with Crippen LogP contribution in [0.15, 0.2) is 24.4 Å². The number of aliphatic hydroxyl groups is 1. The van der Waals surface area contributed by atoms with E-state index in [-0.39, 0.29) is 18.8 Å². The average molecular weight is 287 g/mol. The van der Waals surface area contributed by atoms with Crippen LogP contribution in [0.4, 0.5) is 14.5 Å². The van der Waals surface area contributed by atoms with Gasteiger partial charge in [0.25, 0.3) is 0 Å². The molecule has 1 atom stereocenters. The third-order valence-electron chi connectivity index (χ3n) is 2.17. The first-order chi connectivity index (χ1) is 9.13. The molecule has 0 aliphatic rings. The summed E-state index contributed by atoms with van der Waals surface area (Å²) in [6.07, 6.45) is 0.597. The molecule has 2 rings (SSSR count). The molecule has 1 heterocycles. The number of halogens is 2. The van der Waals surface area contributed by atoms with Crippen molar-refractivity contribution < 1.29 is 18.6 Å². The predicted molar refractivity (Wildman–Crippen MR) is 66.3 cm³/mol. The van der Waals surface area contributed by atoms with E-state index in [2.05, 4.69) is 14.1 Å². The molecule has 5 nitrogen and oxygen atoms in total. The van der Waals surface area contributed by atoms with Gasteiger partial charge in [-0.25, -0.2) is 8.78 Å². The predicted octanol–water partition coefficient (Wildman–Crippen LogP) is 1.67. The fourth-order valence-corrected chi connectivity index (χ4v) is 1.72. The summed E-state index contributed by atoms with van der Waals surface area (Å²) in [5.74, 6) is -1.02. The molecule has 2 aromatic rings. The number of ether oxygens (including phenoxy) is 1. The van der Waals surface area contributed by atoms with Crippen LogP contribution < -0.4 is 10.1 Å². The number of nitrogens with one attached hydrogen (secondary N) is 1. The van der Waals surface area contributed by atoms with E-state index in [9.17, 15) is 13.9 Å². The highest BCUT2D eigenvalue weighted by Gasteiger charge is 2.07. The van der Waals surface area contributed by atoms with Crippen LogP contribution in [0.3, 0.4) is 0 Å². The zero-order chi connectivity index (χ0) is 13.7. The Morgan fingerprint density at radius 1 is 1.32 bits per heavy atom. The maximum atomic E-state index is 12.9. The summed E-state index contributed by atoms with van der Waals surface area (Å²) in [6.45, 7) is 0.108. The standard InChI is InChI=1S/C11H11F2N3O2S/c12-7-1-8(13)3-9(2-7)14-4-10(17)6-18-11-5-15-19-16-11/h1-3,5,10,14,17H,4,6H2. The molecule has 1 unspecified atom stereocenters. The molecular formula is C11H11F2N3O2S. The number of hydrogen-bond donors (Lipinski definition) is 2. The zero-order valence-electron chi connectivity index (χ0n) is 9.72. The van der Waals surface area contributed by atoms with Crippen molar-refractivity contribution in [1.29, 1.82) is 0 Å². The first kappa shape index (κ1) is 13.6. The summed E-state index contributed by atoms with van der Waals surface area (Å²) in [6, 6.07) is 3.06. The van der Waals surface area contributed by atoms with E-state index in [1.54, 1.807) is 0 Å². The van der Waals surface area contributed by atoms with Gasteiger partial charge in [-0.15, -0.1) is 4.37 Å². The van der Waals surface area contributed by atoms with Gasteiger partial charge < -0.3 is 15.2 Å². The van der Waals surface area contributed by atoms with E-state index in [0.29, 0.717) is 5.88 Å². The van der Waals surface area contributed by atoms with Crippen LogP contribution in [0.2, 0.25) is 0 Å². The quantitative estimate of drug-likeness (QED) is 0.846. The van der Waals surface area contributed by atoms with E-state index in [0.717, 1.165) is 29.9 Å². The van der Waals surface area contributed by atoms with Crippen LogP contribution >= 0.6 is 11.7 Å². The van der Waals surface area contributed by atoms with Crippen molar-refractivity contribution in [1.82, 2.24) is 8.75 Å². The minimum Gasteiger partial charge on any atom is -0.473 e. The Morgan fingerprint density at radius 3 is 2.68 bits per heavy atom. The second-order valence-corrected chi connectivity index (χ2v) is 4.31. The number of aliphatic hydroxyl groups excluding tert-OH is 1. The third-order valence-corrected chi connectivity index (χ3v) is 2.63. The molecule has 0 saturated heterocycles. The van der Waals surface area contributed by atoms with Crippen LogP contribution in [0.25, 0.3) is 0 Å². The van der Waals surface area contributed by atoms with Crippen molar-refractivity contribution in [2.45, 2.75) is 6.10 Å². The maximum absolute atomic E-state index is 12.9. The molecule has 8 heteroatoms. The number of rotatable bonds is 6. The Hall–Kier alpha value is -1.80. The zero-order valence-corrected chi connectivity index (χ0v) is 10.5. The van der Waals surface area contributed by atoms with Gasteiger partial charge in [0.2, 0.25) is 5.88 Å². The van der Waals surface area contributed by atoms with Gasteiger partial charge in [0.05, 0.1) is 11.7 Å². The van der Waals surface area contributed by atoms with Gasteiger partial charge in [-0.2, -0.15) is 4.37 Å². The lowest BCUT2D eigenvalue weighted by molar-refractivity contribution is 0.115. The lowest BCUT2D eigenvalue weighted by Crippen LogP contribution is -2.26. The molecule has 1 aromatic heterocycles. The van der Waals surface area contributed by atoms with Crippen molar-refractivity contribution in [2.24, 2.45) is 0 Å². The Kier molecular flexibility index (Phi) is 4.58. The van der Waals surface area contributed by atoms with E-state index < -0.39 is 17.7 Å². The van der Waals surface area contributed by atoms with Gasteiger partial charge in [0.1, 0.15) is 30.5 Å². The summed E-state index contributed by atoms with van der Waals surface area (Å²) in [7, 11) is 0. The summed E-state index contributed by atoms with van der Waals surface area (Å²) in [5.41, 5.74) is 0.256. The second kappa shape index (κ2) is 6.39. The molecule has 0 aliphatic heterocycles. The molecule has 1 aromatic carbocycles. The van der Waals surface area contributed by atoms with Crippen molar-refractivity contribution in [2.75, 3.05) is 18.5 Å². The maximum Gasteiger partial charge on any atom is 0.245 e. The second-order valence-electron chi connectivity index (χ2n) is 3.75. The molecule has 2 N–H and O–H groups in total. The number of anilines is 1. The molecule has 0 spiro atoms. The number of benzene rings is 1. The SMILES string of the molecule is OC(CNc1cc(F)cc(F)c1)COc1cnsn1. The molecular weight excluding hydrogens is 276 g/mol. The minimum absolute atomic E-state index is 0.0101. The van der Waals surface area contributed by atoms with Crippen LogP contribution in [0.1, 0.15) is 0 Å². The van der Waals surface area contributed by atoms with Gasteiger partial charge >= 0.3 is 0 Å². The molecule has 0 fully saturated rings. The third kappa shape index (κ3) is 4.42. The van der Waals surface area contributed by atoms with Crippen molar-refractivity contribution in [3.8, 4) is 5.88 Å². The molecule has 0 amide bonds. The molecule has 0 aliphatic carbocycles. The number of hydrogen-bond acceptors (Lipinski definition) is 6. The first-order valence-electron chi connectivity index (χ1n) is 5.42. The van der Waals surface area contributed by atoms with Crippen molar-refractivity contribution in [3.05, 3.63) is 36.0 Å². The lowest BCUT2D eigenvalue weighted by Gasteiger charge is -2.12. The highest BCUT2D eigenvalue weighted by molar-refractivity contribution is 6.99. The highest BCUT2D eigenvalue weighted by Crippen LogP contribution is 2.13. The Bertz CT molecular complexity index is 504. The molecule has 0 bridgehead atoms. The van der Waals surface area contributed by atoms with Crippen molar-refractivity contribution >= 4 is 17.4 Å². The van der Waals surface area contributed by atoms with Gasteiger partial charge in [0, 0.05) is 18.3 Å². The first-order valence-corrected chi connectivity index (χ1v) is 6.15. The van der Waals surface area contributed by atoms with E-state index in [4.69, 9.17) is 4.74 Å². The average Bonchev–Trinajstić information content (AvgIpc) is 2.86. The summed E-state index contributed by atoms with van der Waals surface area (Å²) < 4.78 is 38.5. The lowest BCUT2D eigenvalue weighted by atomic mass is 10.3. The fourth-order valence-electron chi connectivity index (χ4n) is 1.35. The van der Waals surface area contributed by atoms with Gasteiger partial charge in [-0.3, -0.25) is 0 Å². The van der Waals surface area contributed by atoms with E-state index in [1.165, 1.54) is 6.20 Å². The molecule has 0 saturated carbocycles. The Balaban J connectivity index is 1.78. The van der Waals surface area contributed by atoms with Gasteiger partial charge in [0.15, 0.2) is 0 Å². The monoisotopic (exact) mass is 287 g/mol. The smallest absolute Gasteiger partial charge is 0.245 e. The Morgan fingerprint density at radius 2 is 2.05 bits per heavy atom. The molecule has 0 radical (unpaired) electrons. The minimum atomic E-state index is -0.840. The van der Waals surface area contributed by atoms with Crippen LogP contribution in [-0.2, 0) is 0 Å². The highest BCUT2D eigenvalue weighted by atomic mass is 32.1. The Labute approximate surface area is 112 Å².